The van der Waals surface area contributed by atoms with Crippen LogP contribution >= 0.6 is 0 Å². The Kier molecular flexibility index (Phi) is 5.44. The van der Waals surface area contributed by atoms with Crippen molar-refractivity contribution >= 4 is 11.7 Å². The Morgan fingerprint density at radius 3 is 2.37 bits per heavy atom. The molecule has 19 heavy (non-hydrogen) atoms. The van der Waals surface area contributed by atoms with Crippen LogP contribution in [0, 0.1) is 10.1 Å². The predicted octanol–water partition coefficient (Wildman–Crippen LogP) is 2.15. The molecule has 0 aliphatic rings. The summed E-state index contributed by atoms with van der Waals surface area (Å²) in [6, 6.07) is 6.09. The molecular weight excluding hydrogens is 248 g/mol. The highest BCUT2D eigenvalue weighted by atomic mass is 16.6. The summed E-state index contributed by atoms with van der Waals surface area (Å²) in [5.41, 5.74) is 0.792. The first-order valence-electron chi connectivity index (χ1n) is 5.96. The Hall–Kier alpha value is -1.95. The van der Waals surface area contributed by atoms with Gasteiger partial charge in [-0.15, -0.1) is 0 Å². The molecule has 1 rings (SSSR count). The number of nitrogens with zero attached hydrogens (tertiary/aromatic N) is 2. The van der Waals surface area contributed by atoms with Crippen LogP contribution in [0.4, 0.5) is 5.69 Å². The van der Waals surface area contributed by atoms with Gasteiger partial charge in [0.25, 0.3) is 5.69 Å². The van der Waals surface area contributed by atoms with Crippen LogP contribution in [0.3, 0.4) is 0 Å². The smallest absolute Gasteiger partial charge is 0.303 e. The van der Waals surface area contributed by atoms with Crippen LogP contribution < -0.4 is 0 Å². The van der Waals surface area contributed by atoms with E-state index in [0.717, 1.165) is 12.1 Å². The molecule has 0 radical (unpaired) electrons. The summed E-state index contributed by atoms with van der Waals surface area (Å²) in [5, 5.41) is 10.6. The highest BCUT2D eigenvalue weighted by Crippen LogP contribution is 2.24. The van der Waals surface area contributed by atoms with Crippen molar-refractivity contribution in [3.63, 3.8) is 0 Å². The van der Waals surface area contributed by atoms with Crippen LogP contribution in [-0.2, 0) is 9.53 Å². The largest absolute Gasteiger partial charge is 0.458 e. The molecule has 1 aromatic rings. The molecule has 0 saturated carbocycles. The van der Waals surface area contributed by atoms with Gasteiger partial charge in [-0.1, -0.05) is 0 Å². The first-order chi connectivity index (χ1) is 8.90. The minimum Gasteiger partial charge on any atom is -0.458 e. The molecule has 0 heterocycles. The molecule has 0 aliphatic carbocycles. The van der Waals surface area contributed by atoms with Crippen molar-refractivity contribution in [1.29, 1.82) is 0 Å². The molecule has 0 aliphatic heterocycles. The van der Waals surface area contributed by atoms with E-state index in [1.54, 1.807) is 12.1 Å². The summed E-state index contributed by atoms with van der Waals surface area (Å²) in [7, 11) is 3.86. The van der Waals surface area contributed by atoms with Crippen molar-refractivity contribution < 1.29 is 14.5 Å². The Balaban J connectivity index is 2.83. The second-order valence-electron chi connectivity index (χ2n) is 4.54. The fraction of sp³-hybridized carbons (Fsp3) is 0.462. The van der Waals surface area contributed by atoms with E-state index in [9.17, 15) is 14.9 Å². The average Bonchev–Trinajstić information content (AvgIpc) is 2.34. The van der Waals surface area contributed by atoms with Gasteiger partial charge in [-0.2, -0.15) is 0 Å². The van der Waals surface area contributed by atoms with Gasteiger partial charge in [-0.3, -0.25) is 14.9 Å². The van der Waals surface area contributed by atoms with Gasteiger partial charge >= 0.3 is 5.97 Å². The van der Waals surface area contributed by atoms with Crippen molar-refractivity contribution in [3.05, 3.63) is 39.9 Å². The summed E-state index contributed by atoms with van der Waals surface area (Å²) in [5.74, 6) is -0.359. The Bertz CT molecular complexity index is 442. The zero-order chi connectivity index (χ0) is 14.4. The summed E-state index contributed by atoms with van der Waals surface area (Å²) in [6.07, 6.45) is 0.269. The van der Waals surface area contributed by atoms with E-state index in [1.165, 1.54) is 19.1 Å². The Morgan fingerprint density at radius 2 is 1.95 bits per heavy atom. The van der Waals surface area contributed by atoms with E-state index < -0.39 is 4.92 Å². The van der Waals surface area contributed by atoms with Crippen LogP contribution in [0.2, 0.25) is 0 Å². The van der Waals surface area contributed by atoms with E-state index in [4.69, 9.17) is 4.74 Å². The molecule has 0 amide bonds. The topological polar surface area (TPSA) is 72.7 Å². The maximum absolute atomic E-state index is 11.1. The minimum absolute atomic E-state index is 0.0259. The van der Waals surface area contributed by atoms with E-state index >= 15 is 0 Å². The molecule has 6 heteroatoms. The molecule has 0 fully saturated rings. The van der Waals surface area contributed by atoms with Crippen LogP contribution in [-0.4, -0.2) is 36.4 Å². The number of esters is 1. The third kappa shape index (κ3) is 5.05. The lowest BCUT2D eigenvalue weighted by Crippen LogP contribution is -2.18. The predicted molar refractivity (Wildman–Crippen MR) is 70.8 cm³/mol. The normalized spacial score (nSPS) is 12.2. The number of hydrogen-bond acceptors (Lipinski definition) is 5. The van der Waals surface area contributed by atoms with Gasteiger partial charge in [0.15, 0.2) is 0 Å². The van der Waals surface area contributed by atoms with E-state index in [2.05, 4.69) is 0 Å². The minimum atomic E-state index is -0.454. The van der Waals surface area contributed by atoms with Gasteiger partial charge in [-0.25, -0.2) is 0 Å². The van der Waals surface area contributed by atoms with Crippen LogP contribution in [0.15, 0.2) is 24.3 Å². The first-order valence-corrected chi connectivity index (χ1v) is 5.96. The molecule has 0 bridgehead atoms. The summed E-state index contributed by atoms with van der Waals surface area (Å²) in [6.45, 7) is 2.11. The lowest BCUT2D eigenvalue weighted by Gasteiger charge is -2.19. The molecule has 1 atom stereocenters. The van der Waals surface area contributed by atoms with Crippen molar-refractivity contribution in [2.75, 3.05) is 20.6 Å². The van der Waals surface area contributed by atoms with Gasteiger partial charge in [0.05, 0.1) is 4.92 Å². The van der Waals surface area contributed by atoms with E-state index in [-0.39, 0.29) is 17.8 Å². The number of carbonyl (C=O) groups is 1. The molecule has 6 nitrogen and oxygen atoms in total. The number of ether oxygens (including phenoxy) is 1. The second kappa shape index (κ2) is 6.84. The van der Waals surface area contributed by atoms with E-state index in [0.29, 0.717) is 6.42 Å². The fourth-order valence-corrected chi connectivity index (χ4v) is 1.68. The maximum Gasteiger partial charge on any atom is 0.303 e. The van der Waals surface area contributed by atoms with Gasteiger partial charge in [0.1, 0.15) is 6.10 Å². The fourth-order valence-electron chi connectivity index (χ4n) is 1.68. The number of non-ortho nitro benzene ring substituents is 1. The maximum atomic E-state index is 11.1. The van der Waals surface area contributed by atoms with Crippen molar-refractivity contribution in [1.82, 2.24) is 4.90 Å². The van der Waals surface area contributed by atoms with Crippen LogP contribution in [0.5, 0.6) is 0 Å². The number of rotatable bonds is 6. The molecule has 104 valence electrons. The SMILES string of the molecule is CC(=O)O[C@@H](CCN(C)C)c1ccc([N+](=O)[O-])cc1. The number of nitro benzene ring substituents is 1. The number of benzene rings is 1. The van der Waals surface area contributed by atoms with Gasteiger partial charge < -0.3 is 9.64 Å². The quantitative estimate of drug-likeness (QED) is 0.448. The van der Waals surface area contributed by atoms with Crippen molar-refractivity contribution in [2.45, 2.75) is 19.4 Å². The lowest BCUT2D eigenvalue weighted by molar-refractivity contribution is -0.384. The van der Waals surface area contributed by atoms with Crippen molar-refractivity contribution in [2.24, 2.45) is 0 Å². The Labute approximate surface area is 112 Å². The molecule has 1 aromatic carbocycles. The monoisotopic (exact) mass is 266 g/mol. The van der Waals surface area contributed by atoms with Crippen LogP contribution in [0.25, 0.3) is 0 Å². The summed E-state index contributed by atoms with van der Waals surface area (Å²) in [4.78, 5) is 23.2. The molecule has 0 aromatic heterocycles. The van der Waals surface area contributed by atoms with Gasteiger partial charge in [0.2, 0.25) is 0 Å². The Morgan fingerprint density at radius 1 is 1.37 bits per heavy atom. The number of carbonyl (C=O) groups excluding carboxylic acids is 1. The van der Waals surface area contributed by atoms with E-state index in [1.807, 2.05) is 19.0 Å². The standard InChI is InChI=1S/C13H18N2O4/c1-10(16)19-13(8-9-14(2)3)11-4-6-12(7-5-11)15(17)18/h4-7,13H,8-9H2,1-3H3/t13-/m0/s1. The molecule has 0 unspecified atom stereocenters. The zero-order valence-electron chi connectivity index (χ0n) is 11.3. The van der Waals surface area contributed by atoms with Crippen molar-refractivity contribution in [3.8, 4) is 0 Å². The third-order valence-corrected chi connectivity index (χ3v) is 2.62. The first kappa shape index (κ1) is 15.1. The highest BCUT2D eigenvalue weighted by Gasteiger charge is 2.16. The zero-order valence-corrected chi connectivity index (χ0v) is 11.3. The number of nitro groups is 1. The van der Waals surface area contributed by atoms with Crippen LogP contribution in [0.1, 0.15) is 25.0 Å². The summed E-state index contributed by atoms with van der Waals surface area (Å²) < 4.78 is 5.25. The third-order valence-electron chi connectivity index (χ3n) is 2.62. The molecule has 0 N–H and O–H groups in total. The second-order valence-corrected chi connectivity index (χ2v) is 4.54. The lowest BCUT2D eigenvalue weighted by atomic mass is 10.1. The molecule has 0 spiro atoms. The summed E-state index contributed by atoms with van der Waals surface area (Å²) >= 11 is 0. The van der Waals surface area contributed by atoms with Gasteiger partial charge in [0, 0.05) is 32.0 Å². The average molecular weight is 266 g/mol. The number of hydrogen-bond donors (Lipinski definition) is 0. The molecular formula is C13H18N2O4. The highest BCUT2D eigenvalue weighted by molar-refractivity contribution is 5.66. The van der Waals surface area contributed by atoms with Gasteiger partial charge in [-0.05, 0) is 31.8 Å². The molecule has 0 saturated heterocycles.